The lowest BCUT2D eigenvalue weighted by Crippen LogP contribution is -2.11. The van der Waals surface area contributed by atoms with Crippen LogP contribution in [0.2, 0.25) is 10.0 Å². The lowest BCUT2D eigenvalue weighted by Gasteiger charge is -2.06. The third-order valence-corrected chi connectivity index (χ3v) is 4.85. The molecular formula is C16H11Cl2N5S. The Morgan fingerprint density at radius 1 is 1.12 bits per heavy atom. The normalized spacial score (nSPS) is 10.5. The summed E-state index contributed by atoms with van der Waals surface area (Å²) >= 11 is 13.5. The highest BCUT2D eigenvalue weighted by atomic mass is 35.5. The standard InChI is InChI=1S/C16H11Cl2N5S/c17-12-5-6-13(14(18)7-12)15-21-22-16(23(15)20)24-9-11-3-1-10(8-19)2-4-11/h1-7H,9,20H2. The summed E-state index contributed by atoms with van der Waals surface area (Å²) < 4.78 is 1.41. The van der Waals surface area contributed by atoms with Gasteiger partial charge in [-0.3, -0.25) is 0 Å². The Bertz CT molecular complexity index is 915. The lowest BCUT2D eigenvalue weighted by molar-refractivity contribution is 0.849. The molecule has 0 saturated heterocycles. The highest BCUT2D eigenvalue weighted by Crippen LogP contribution is 2.30. The van der Waals surface area contributed by atoms with E-state index in [1.54, 1.807) is 30.3 Å². The van der Waals surface area contributed by atoms with Gasteiger partial charge in [0.1, 0.15) is 0 Å². The number of thioether (sulfide) groups is 1. The molecule has 0 spiro atoms. The van der Waals surface area contributed by atoms with E-state index in [9.17, 15) is 0 Å². The van der Waals surface area contributed by atoms with Crippen molar-refractivity contribution in [3.05, 3.63) is 63.6 Å². The lowest BCUT2D eigenvalue weighted by atomic mass is 10.2. The van der Waals surface area contributed by atoms with Crippen LogP contribution in [0.1, 0.15) is 11.1 Å². The molecule has 24 heavy (non-hydrogen) atoms. The van der Waals surface area contributed by atoms with Gasteiger partial charge in [0.25, 0.3) is 0 Å². The maximum absolute atomic E-state index is 8.81. The van der Waals surface area contributed by atoms with Crippen LogP contribution in [0.4, 0.5) is 0 Å². The first-order valence-corrected chi connectivity index (χ1v) is 8.60. The number of rotatable bonds is 4. The predicted molar refractivity (Wildman–Crippen MR) is 96.3 cm³/mol. The molecule has 0 fully saturated rings. The summed E-state index contributed by atoms with van der Waals surface area (Å²) in [5.41, 5.74) is 2.36. The number of nitrogen functional groups attached to an aromatic ring is 1. The van der Waals surface area contributed by atoms with E-state index in [0.29, 0.717) is 37.9 Å². The zero-order valence-electron chi connectivity index (χ0n) is 12.3. The number of hydrogen-bond acceptors (Lipinski definition) is 5. The minimum absolute atomic E-state index is 0.463. The largest absolute Gasteiger partial charge is 0.335 e. The zero-order valence-corrected chi connectivity index (χ0v) is 14.6. The molecule has 0 aliphatic heterocycles. The van der Waals surface area contributed by atoms with Gasteiger partial charge in [0.2, 0.25) is 5.16 Å². The number of nitrogens with zero attached hydrogens (tertiary/aromatic N) is 4. The van der Waals surface area contributed by atoms with Gasteiger partial charge in [-0.05, 0) is 35.9 Å². The van der Waals surface area contributed by atoms with Crippen molar-refractivity contribution in [3.8, 4) is 17.5 Å². The molecule has 0 bridgehead atoms. The molecule has 2 N–H and O–H groups in total. The van der Waals surface area contributed by atoms with E-state index in [2.05, 4.69) is 16.3 Å². The third-order valence-electron chi connectivity index (χ3n) is 3.29. The molecule has 0 aliphatic carbocycles. The van der Waals surface area contributed by atoms with Crippen molar-refractivity contribution in [2.24, 2.45) is 0 Å². The van der Waals surface area contributed by atoms with Crippen molar-refractivity contribution in [2.45, 2.75) is 10.9 Å². The molecule has 1 aromatic heterocycles. The predicted octanol–water partition coefficient (Wildman–Crippen LogP) is 4.13. The van der Waals surface area contributed by atoms with Crippen LogP contribution in [0.15, 0.2) is 47.6 Å². The summed E-state index contributed by atoms with van der Waals surface area (Å²) in [7, 11) is 0. The average Bonchev–Trinajstić information content (AvgIpc) is 2.94. The molecule has 5 nitrogen and oxygen atoms in total. The van der Waals surface area contributed by atoms with E-state index >= 15 is 0 Å². The monoisotopic (exact) mass is 375 g/mol. The number of halogens is 2. The molecule has 3 rings (SSSR count). The van der Waals surface area contributed by atoms with Gasteiger partial charge in [-0.15, -0.1) is 10.2 Å². The summed E-state index contributed by atoms with van der Waals surface area (Å²) in [4.78, 5) is 0. The second-order valence-electron chi connectivity index (χ2n) is 4.90. The summed E-state index contributed by atoms with van der Waals surface area (Å²) in [6.45, 7) is 0. The molecule has 0 unspecified atom stereocenters. The van der Waals surface area contributed by atoms with Gasteiger partial charge in [-0.1, -0.05) is 47.1 Å². The molecule has 0 atom stereocenters. The van der Waals surface area contributed by atoms with Crippen molar-refractivity contribution >= 4 is 35.0 Å². The van der Waals surface area contributed by atoms with Gasteiger partial charge < -0.3 is 5.84 Å². The number of nitrogens with two attached hydrogens (primary N) is 1. The molecule has 120 valence electrons. The highest BCUT2D eigenvalue weighted by Gasteiger charge is 2.15. The van der Waals surface area contributed by atoms with Crippen LogP contribution in [-0.4, -0.2) is 14.9 Å². The fourth-order valence-electron chi connectivity index (χ4n) is 2.05. The quantitative estimate of drug-likeness (QED) is 0.547. The molecule has 0 radical (unpaired) electrons. The van der Waals surface area contributed by atoms with E-state index in [1.807, 2.05) is 12.1 Å². The van der Waals surface area contributed by atoms with Gasteiger partial charge in [-0.25, -0.2) is 4.68 Å². The van der Waals surface area contributed by atoms with Crippen LogP contribution < -0.4 is 5.84 Å². The maximum Gasteiger partial charge on any atom is 0.210 e. The third kappa shape index (κ3) is 3.49. The Morgan fingerprint density at radius 3 is 2.54 bits per heavy atom. The van der Waals surface area contributed by atoms with Crippen LogP contribution in [0, 0.1) is 11.3 Å². The number of aromatic nitrogens is 3. The SMILES string of the molecule is N#Cc1ccc(CSc2nnc(-c3ccc(Cl)cc3Cl)n2N)cc1. The molecule has 3 aromatic rings. The topological polar surface area (TPSA) is 80.5 Å². The Labute approximate surface area is 153 Å². The fraction of sp³-hybridized carbons (Fsp3) is 0.0625. The first-order chi connectivity index (χ1) is 11.6. The minimum atomic E-state index is 0.463. The van der Waals surface area contributed by atoms with Crippen LogP contribution in [0.25, 0.3) is 11.4 Å². The second-order valence-corrected chi connectivity index (χ2v) is 6.68. The Hall–Kier alpha value is -2.20. The summed E-state index contributed by atoms with van der Waals surface area (Å²) in [5, 5.41) is 18.6. The number of benzene rings is 2. The minimum Gasteiger partial charge on any atom is -0.335 e. The summed E-state index contributed by atoms with van der Waals surface area (Å²) in [6.07, 6.45) is 0. The van der Waals surface area contributed by atoms with Crippen molar-refractivity contribution in [2.75, 3.05) is 5.84 Å². The second kappa shape index (κ2) is 7.14. The summed E-state index contributed by atoms with van der Waals surface area (Å²) in [5.74, 6) is 7.22. The zero-order chi connectivity index (χ0) is 17.1. The highest BCUT2D eigenvalue weighted by molar-refractivity contribution is 7.98. The van der Waals surface area contributed by atoms with E-state index in [-0.39, 0.29) is 0 Å². The van der Waals surface area contributed by atoms with Crippen molar-refractivity contribution < 1.29 is 0 Å². The van der Waals surface area contributed by atoms with E-state index < -0.39 is 0 Å². The molecule has 1 heterocycles. The van der Waals surface area contributed by atoms with Crippen molar-refractivity contribution in [1.29, 1.82) is 5.26 Å². The smallest absolute Gasteiger partial charge is 0.210 e. The fourth-order valence-corrected chi connectivity index (χ4v) is 3.36. The Balaban J connectivity index is 1.78. The molecule has 0 aliphatic rings. The van der Waals surface area contributed by atoms with Crippen LogP contribution in [0.5, 0.6) is 0 Å². The first-order valence-electron chi connectivity index (χ1n) is 6.86. The Kier molecular flexibility index (Phi) is 4.95. The van der Waals surface area contributed by atoms with Gasteiger partial charge in [0.15, 0.2) is 5.82 Å². The van der Waals surface area contributed by atoms with Gasteiger partial charge >= 0.3 is 0 Å². The molecule has 0 amide bonds. The van der Waals surface area contributed by atoms with Crippen LogP contribution in [-0.2, 0) is 5.75 Å². The molecule has 0 saturated carbocycles. The van der Waals surface area contributed by atoms with Crippen LogP contribution >= 0.6 is 35.0 Å². The molecular weight excluding hydrogens is 365 g/mol. The molecule has 2 aromatic carbocycles. The summed E-state index contributed by atoms with van der Waals surface area (Å²) in [6, 6.07) is 14.6. The average molecular weight is 376 g/mol. The Morgan fingerprint density at radius 2 is 1.88 bits per heavy atom. The van der Waals surface area contributed by atoms with Crippen molar-refractivity contribution in [3.63, 3.8) is 0 Å². The van der Waals surface area contributed by atoms with Gasteiger partial charge in [0.05, 0.1) is 16.7 Å². The number of nitriles is 1. The first kappa shape index (κ1) is 16.7. The van der Waals surface area contributed by atoms with Gasteiger partial charge in [-0.2, -0.15) is 5.26 Å². The number of hydrogen-bond donors (Lipinski definition) is 1. The van der Waals surface area contributed by atoms with Crippen LogP contribution in [0.3, 0.4) is 0 Å². The van der Waals surface area contributed by atoms with Crippen molar-refractivity contribution in [1.82, 2.24) is 14.9 Å². The van der Waals surface area contributed by atoms with E-state index in [1.165, 1.54) is 16.4 Å². The maximum atomic E-state index is 8.81. The van der Waals surface area contributed by atoms with E-state index in [0.717, 1.165) is 5.56 Å². The molecule has 8 heteroatoms. The van der Waals surface area contributed by atoms with E-state index in [4.69, 9.17) is 34.3 Å². The van der Waals surface area contributed by atoms with Gasteiger partial charge in [0, 0.05) is 16.3 Å².